The third kappa shape index (κ3) is 4.54. The second-order valence-corrected chi connectivity index (χ2v) is 4.96. The van der Waals surface area contributed by atoms with E-state index in [1.54, 1.807) is 12.1 Å². The summed E-state index contributed by atoms with van der Waals surface area (Å²) in [6, 6.07) is 7.12. The van der Waals surface area contributed by atoms with Gasteiger partial charge in [0.05, 0.1) is 0 Å². The first-order chi connectivity index (χ1) is 10.2. The quantitative estimate of drug-likeness (QED) is 0.696. The Hall–Kier alpha value is -1.92. The fourth-order valence-electron chi connectivity index (χ4n) is 2.15. The van der Waals surface area contributed by atoms with Gasteiger partial charge in [0.2, 0.25) is 5.91 Å². The van der Waals surface area contributed by atoms with Crippen LogP contribution < -0.4 is 16.4 Å². The molecule has 0 bridgehead atoms. The molecule has 1 aromatic rings. The van der Waals surface area contributed by atoms with Crippen molar-refractivity contribution in [1.29, 1.82) is 0 Å². The minimum atomic E-state index is -0.314. The van der Waals surface area contributed by atoms with E-state index in [4.69, 9.17) is 10.5 Å². The Bertz CT molecular complexity index is 481. The van der Waals surface area contributed by atoms with E-state index < -0.39 is 0 Å². The minimum Gasteiger partial charge on any atom is -0.368 e. The van der Waals surface area contributed by atoms with Gasteiger partial charge in [0.15, 0.2) is 0 Å². The average Bonchev–Trinajstić information content (AvgIpc) is 3.05. The summed E-state index contributed by atoms with van der Waals surface area (Å²) >= 11 is 0. The van der Waals surface area contributed by atoms with Crippen molar-refractivity contribution in [1.82, 2.24) is 10.6 Å². The summed E-state index contributed by atoms with van der Waals surface area (Å²) in [5, 5.41) is 5.55. The smallest absolute Gasteiger partial charge is 0.251 e. The largest absolute Gasteiger partial charge is 0.368 e. The van der Waals surface area contributed by atoms with E-state index >= 15 is 0 Å². The second-order valence-electron chi connectivity index (χ2n) is 4.96. The Morgan fingerprint density at radius 2 is 2.00 bits per heavy atom. The molecule has 1 fully saturated rings. The lowest BCUT2D eigenvalue weighted by Crippen LogP contribution is -2.33. The molecule has 1 heterocycles. The lowest BCUT2D eigenvalue weighted by molar-refractivity contribution is -0.130. The number of nitrogens with one attached hydrogen (secondary N) is 2. The molecule has 1 aromatic carbocycles. The van der Waals surface area contributed by atoms with Crippen LogP contribution in [0.4, 0.5) is 0 Å². The highest BCUT2D eigenvalue weighted by Crippen LogP contribution is 2.12. The number of carbonyl (C=O) groups excluding carboxylic acids is 2. The molecule has 0 saturated carbocycles. The molecule has 1 atom stereocenters. The van der Waals surface area contributed by atoms with Crippen molar-refractivity contribution in [3.8, 4) is 0 Å². The highest BCUT2D eigenvalue weighted by atomic mass is 16.5. The van der Waals surface area contributed by atoms with Gasteiger partial charge >= 0.3 is 0 Å². The maximum atomic E-state index is 11.8. The zero-order chi connectivity index (χ0) is 15.1. The van der Waals surface area contributed by atoms with Gasteiger partial charge in [0.25, 0.3) is 5.91 Å². The Labute approximate surface area is 124 Å². The van der Waals surface area contributed by atoms with Crippen molar-refractivity contribution < 1.29 is 14.3 Å². The molecule has 1 saturated heterocycles. The van der Waals surface area contributed by atoms with Crippen molar-refractivity contribution >= 4 is 11.8 Å². The highest BCUT2D eigenvalue weighted by Gasteiger charge is 2.22. The molecule has 0 spiro atoms. The maximum Gasteiger partial charge on any atom is 0.251 e. The molecule has 2 rings (SSSR count). The Balaban J connectivity index is 1.81. The molecule has 0 radical (unpaired) electrons. The van der Waals surface area contributed by atoms with Gasteiger partial charge in [0, 0.05) is 31.8 Å². The van der Waals surface area contributed by atoms with E-state index in [9.17, 15) is 9.59 Å². The zero-order valence-corrected chi connectivity index (χ0v) is 11.9. The standard InChI is InChI=1S/C15H21N3O3/c16-7-8-17-14(19)12-5-3-11(4-6-12)10-18-15(20)13-2-1-9-21-13/h3-6,13H,1-2,7-10,16H2,(H,17,19)(H,18,20). The van der Waals surface area contributed by atoms with Gasteiger partial charge in [-0.25, -0.2) is 0 Å². The molecular weight excluding hydrogens is 270 g/mol. The Kier molecular flexibility index (Phi) is 5.71. The van der Waals surface area contributed by atoms with Crippen LogP contribution in [-0.4, -0.2) is 37.6 Å². The first-order valence-electron chi connectivity index (χ1n) is 7.17. The topological polar surface area (TPSA) is 93.5 Å². The number of ether oxygens (including phenoxy) is 1. The fraction of sp³-hybridized carbons (Fsp3) is 0.467. The predicted octanol–water partition coefficient (Wildman–Crippen LogP) is 0.170. The summed E-state index contributed by atoms with van der Waals surface area (Å²) in [5.41, 5.74) is 6.86. The van der Waals surface area contributed by atoms with Gasteiger partial charge in [-0.2, -0.15) is 0 Å². The van der Waals surface area contributed by atoms with Crippen LogP contribution in [0, 0.1) is 0 Å². The number of hydrogen-bond donors (Lipinski definition) is 3. The molecule has 21 heavy (non-hydrogen) atoms. The summed E-state index contributed by atoms with van der Waals surface area (Å²) in [5.74, 6) is -0.215. The van der Waals surface area contributed by atoms with Gasteiger partial charge in [-0.1, -0.05) is 12.1 Å². The predicted molar refractivity (Wildman–Crippen MR) is 78.7 cm³/mol. The summed E-state index contributed by atoms with van der Waals surface area (Å²) in [6.07, 6.45) is 1.41. The number of carbonyl (C=O) groups is 2. The van der Waals surface area contributed by atoms with Crippen LogP contribution in [0.25, 0.3) is 0 Å². The number of amides is 2. The van der Waals surface area contributed by atoms with E-state index in [0.29, 0.717) is 31.8 Å². The van der Waals surface area contributed by atoms with Crippen molar-refractivity contribution in [2.24, 2.45) is 5.73 Å². The van der Waals surface area contributed by atoms with Crippen molar-refractivity contribution in [2.75, 3.05) is 19.7 Å². The molecular formula is C15H21N3O3. The Morgan fingerprint density at radius 1 is 1.24 bits per heavy atom. The summed E-state index contributed by atoms with van der Waals surface area (Å²) in [4.78, 5) is 23.5. The fourth-order valence-corrected chi connectivity index (χ4v) is 2.15. The lowest BCUT2D eigenvalue weighted by atomic mass is 10.1. The minimum absolute atomic E-state index is 0.0720. The van der Waals surface area contributed by atoms with Crippen LogP contribution in [0.2, 0.25) is 0 Å². The van der Waals surface area contributed by atoms with Crippen LogP contribution in [-0.2, 0) is 16.1 Å². The number of hydrogen-bond acceptors (Lipinski definition) is 4. The number of nitrogens with two attached hydrogens (primary N) is 1. The van der Waals surface area contributed by atoms with E-state index in [-0.39, 0.29) is 17.9 Å². The molecule has 0 aromatic heterocycles. The highest BCUT2D eigenvalue weighted by molar-refractivity contribution is 5.94. The van der Waals surface area contributed by atoms with E-state index in [2.05, 4.69) is 10.6 Å². The average molecular weight is 291 g/mol. The third-order valence-electron chi connectivity index (χ3n) is 3.33. The van der Waals surface area contributed by atoms with Crippen molar-refractivity contribution in [3.63, 3.8) is 0 Å². The molecule has 1 aliphatic rings. The van der Waals surface area contributed by atoms with Crippen LogP contribution in [0.15, 0.2) is 24.3 Å². The van der Waals surface area contributed by atoms with Crippen LogP contribution in [0.5, 0.6) is 0 Å². The molecule has 0 aliphatic carbocycles. The van der Waals surface area contributed by atoms with Gasteiger partial charge in [-0.15, -0.1) is 0 Å². The SMILES string of the molecule is NCCNC(=O)c1ccc(CNC(=O)C2CCCO2)cc1. The lowest BCUT2D eigenvalue weighted by Gasteiger charge is -2.10. The van der Waals surface area contributed by atoms with E-state index in [1.807, 2.05) is 12.1 Å². The molecule has 1 unspecified atom stereocenters. The maximum absolute atomic E-state index is 11.8. The molecule has 4 N–H and O–H groups in total. The summed E-state index contributed by atoms with van der Waals surface area (Å²) in [6.45, 7) is 1.96. The van der Waals surface area contributed by atoms with Gasteiger partial charge in [0.1, 0.15) is 6.10 Å². The normalized spacial score (nSPS) is 17.5. The van der Waals surface area contributed by atoms with Gasteiger partial charge in [-0.3, -0.25) is 9.59 Å². The van der Waals surface area contributed by atoms with E-state index in [0.717, 1.165) is 18.4 Å². The van der Waals surface area contributed by atoms with Gasteiger partial charge in [-0.05, 0) is 30.5 Å². The van der Waals surface area contributed by atoms with Crippen LogP contribution in [0.3, 0.4) is 0 Å². The monoisotopic (exact) mass is 291 g/mol. The molecule has 1 aliphatic heterocycles. The molecule has 2 amide bonds. The van der Waals surface area contributed by atoms with Crippen molar-refractivity contribution in [2.45, 2.75) is 25.5 Å². The molecule has 6 nitrogen and oxygen atoms in total. The summed E-state index contributed by atoms with van der Waals surface area (Å²) < 4.78 is 5.32. The number of rotatable bonds is 6. The van der Waals surface area contributed by atoms with Gasteiger partial charge < -0.3 is 21.1 Å². The second kappa shape index (κ2) is 7.75. The van der Waals surface area contributed by atoms with E-state index in [1.165, 1.54) is 0 Å². The number of benzene rings is 1. The first-order valence-corrected chi connectivity index (χ1v) is 7.17. The molecule has 114 valence electrons. The van der Waals surface area contributed by atoms with Crippen LogP contribution in [0.1, 0.15) is 28.8 Å². The third-order valence-corrected chi connectivity index (χ3v) is 3.33. The molecule has 6 heteroatoms. The first kappa shape index (κ1) is 15.5. The van der Waals surface area contributed by atoms with Crippen LogP contribution >= 0.6 is 0 Å². The Morgan fingerprint density at radius 3 is 2.62 bits per heavy atom. The van der Waals surface area contributed by atoms with Crippen molar-refractivity contribution in [3.05, 3.63) is 35.4 Å². The summed E-state index contributed by atoms with van der Waals surface area (Å²) in [7, 11) is 0. The zero-order valence-electron chi connectivity index (χ0n) is 11.9.